The smallest absolute Gasteiger partial charge is 0.257 e. The fourth-order valence-corrected chi connectivity index (χ4v) is 7.02. The van der Waals surface area contributed by atoms with Gasteiger partial charge in [-0.15, -0.1) is 0 Å². The summed E-state index contributed by atoms with van der Waals surface area (Å²) in [5, 5.41) is 7.13. The molecular formula is C36H46N6O4. The summed E-state index contributed by atoms with van der Waals surface area (Å²) in [4.78, 5) is 53.7. The van der Waals surface area contributed by atoms with Crippen LogP contribution >= 0.6 is 0 Å². The maximum atomic E-state index is 13.0. The predicted octanol–water partition coefficient (Wildman–Crippen LogP) is 3.94. The average molecular weight is 627 g/mol. The van der Waals surface area contributed by atoms with Gasteiger partial charge in [0.25, 0.3) is 11.8 Å². The van der Waals surface area contributed by atoms with Crippen LogP contribution in [0.25, 0.3) is 0 Å². The van der Waals surface area contributed by atoms with E-state index in [2.05, 4.69) is 36.4 Å². The lowest BCUT2D eigenvalue weighted by Gasteiger charge is -2.48. The summed E-state index contributed by atoms with van der Waals surface area (Å²) in [5.74, 6) is 0.645. The number of amides is 4. The van der Waals surface area contributed by atoms with Crippen LogP contribution in [0.1, 0.15) is 67.2 Å². The predicted molar refractivity (Wildman–Crippen MR) is 176 cm³/mol. The zero-order valence-corrected chi connectivity index (χ0v) is 26.8. The molecule has 244 valence electrons. The normalized spacial score (nSPS) is 21.2. The molecule has 3 saturated heterocycles. The number of benzene rings is 2. The molecule has 4 fully saturated rings. The van der Waals surface area contributed by atoms with Crippen LogP contribution in [0.4, 0.5) is 0 Å². The molecule has 10 nitrogen and oxygen atoms in total. The molecule has 4 heterocycles. The van der Waals surface area contributed by atoms with Gasteiger partial charge in [-0.05, 0) is 48.8 Å². The fraction of sp³-hybridized carbons (Fsp3) is 0.472. The summed E-state index contributed by atoms with van der Waals surface area (Å²) < 4.78 is 1.82. The second-order valence-electron chi connectivity index (χ2n) is 14.0. The van der Waals surface area contributed by atoms with Crippen LogP contribution in [0.15, 0.2) is 73.1 Å². The molecule has 46 heavy (non-hydrogen) atoms. The van der Waals surface area contributed by atoms with Gasteiger partial charge in [0.2, 0.25) is 12.3 Å². The fourth-order valence-electron chi connectivity index (χ4n) is 7.02. The highest BCUT2D eigenvalue weighted by molar-refractivity contribution is 5.94. The Bertz CT molecular complexity index is 1550. The number of likely N-dealkylation sites (tertiary alicyclic amines) is 3. The molecule has 1 saturated carbocycles. The van der Waals surface area contributed by atoms with Crippen molar-refractivity contribution in [1.29, 1.82) is 0 Å². The number of rotatable bonds is 7. The summed E-state index contributed by atoms with van der Waals surface area (Å²) in [5.41, 5.74) is 2.81. The lowest BCUT2D eigenvalue weighted by atomic mass is 9.78. The monoisotopic (exact) mass is 626 g/mol. The van der Waals surface area contributed by atoms with E-state index in [-0.39, 0.29) is 36.0 Å². The SMILES string of the molecule is CC1(C)C[C@@H]1C(=O)N1CC2(CCN(C(=O)c3cnn(Cc4ccccc4)c3)C2)C1.O=CNC1CCN(C(=O)c2ccccc2)CC1.[HH]. The standard InChI is InChI=1S/C23H28N4O2.C13H16N2O2.H2/c1-22(2)10-19(22)21(29)26-15-23(16-26)8-9-25(14-23)20(28)18-11-24-27(13-18)12-17-6-4-3-5-7-17;16-10-14-12-6-8-15(9-7-12)13(17)11-4-2-1-3-5-11;/h3-7,11,13,19H,8-10,12,14-16H2,1-2H3;1-5,10,12H,6-9H2,(H,14,16);1H/t19-;;/m1../s1. The Morgan fingerprint density at radius 2 is 1.48 bits per heavy atom. The molecule has 4 aliphatic rings. The number of hydrogen-bond donors (Lipinski definition) is 1. The molecule has 1 aliphatic carbocycles. The van der Waals surface area contributed by atoms with Crippen LogP contribution < -0.4 is 5.32 Å². The number of carbonyl (C=O) groups excluding carboxylic acids is 4. The van der Waals surface area contributed by atoms with Gasteiger partial charge in [0.05, 0.1) is 18.3 Å². The number of nitrogens with one attached hydrogen (secondary N) is 1. The van der Waals surface area contributed by atoms with E-state index in [4.69, 9.17) is 0 Å². The lowest BCUT2D eigenvalue weighted by molar-refractivity contribution is -0.144. The third kappa shape index (κ3) is 7.00. The van der Waals surface area contributed by atoms with E-state index in [0.29, 0.717) is 31.1 Å². The first-order chi connectivity index (χ1) is 22.2. The van der Waals surface area contributed by atoms with E-state index in [1.165, 1.54) is 0 Å². The Balaban J connectivity index is 0.000000207. The average Bonchev–Trinajstić information content (AvgIpc) is 3.38. The van der Waals surface area contributed by atoms with Crippen molar-refractivity contribution < 1.29 is 20.6 Å². The largest absolute Gasteiger partial charge is 0.356 e. The molecule has 3 aromatic rings. The van der Waals surface area contributed by atoms with E-state index in [0.717, 1.165) is 69.4 Å². The molecule has 10 heteroatoms. The molecular weight excluding hydrogens is 580 g/mol. The van der Waals surface area contributed by atoms with Gasteiger partial charge in [0.15, 0.2) is 0 Å². The maximum Gasteiger partial charge on any atom is 0.257 e. The number of nitrogens with zero attached hydrogens (tertiary/aromatic N) is 5. The van der Waals surface area contributed by atoms with Crippen LogP contribution in [0.3, 0.4) is 0 Å². The first-order valence-corrected chi connectivity index (χ1v) is 16.3. The van der Waals surface area contributed by atoms with Gasteiger partial charge in [0, 0.05) is 69.8 Å². The van der Waals surface area contributed by atoms with Crippen molar-refractivity contribution in [3.05, 3.63) is 89.7 Å². The topological polar surface area (TPSA) is 108 Å². The number of aromatic nitrogens is 2. The Hall–Kier alpha value is -4.47. The van der Waals surface area contributed by atoms with Crippen molar-refractivity contribution in [1.82, 2.24) is 29.8 Å². The summed E-state index contributed by atoms with van der Waals surface area (Å²) in [6.07, 6.45) is 7.89. The van der Waals surface area contributed by atoms with Gasteiger partial charge in [-0.2, -0.15) is 5.10 Å². The molecule has 1 spiro atoms. The molecule has 0 unspecified atom stereocenters. The molecule has 3 aliphatic heterocycles. The van der Waals surface area contributed by atoms with Crippen LogP contribution in [0, 0.1) is 16.7 Å². The zero-order valence-electron chi connectivity index (χ0n) is 26.8. The number of piperidine rings is 1. The molecule has 2 aromatic carbocycles. The Labute approximate surface area is 272 Å². The zero-order chi connectivity index (χ0) is 32.3. The summed E-state index contributed by atoms with van der Waals surface area (Å²) >= 11 is 0. The Kier molecular flexibility index (Phi) is 8.97. The van der Waals surface area contributed by atoms with E-state index in [1.54, 1.807) is 6.20 Å². The van der Waals surface area contributed by atoms with Gasteiger partial charge in [-0.1, -0.05) is 62.4 Å². The summed E-state index contributed by atoms with van der Waals surface area (Å²) in [6.45, 7) is 9.52. The minimum atomic E-state index is 0. The van der Waals surface area contributed by atoms with E-state index < -0.39 is 0 Å². The van der Waals surface area contributed by atoms with E-state index in [1.807, 2.05) is 74.1 Å². The van der Waals surface area contributed by atoms with Gasteiger partial charge in [-0.3, -0.25) is 23.9 Å². The van der Waals surface area contributed by atoms with Crippen molar-refractivity contribution in [3.8, 4) is 0 Å². The van der Waals surface area contributed by atoms with E-state index in [9.17, 15) is 19.2 Å². The van der Waals surface area contributed by atoms with Crippen LogP contribution in [-0.4, -0.2) is 93.9 Å². The minimum Gasteiger partial charge on any atom is -0.356 e. The highest BCUT2D eigenvalue weighted by atomic mass is 16.2. The van der Waals surface area contributed by atoms with Crippen molar-refractivity contribution in [2.24, 2.45) is 16.7 Å². The first-order valence-electron chi connectivity index (χ1n) is 16.3. The molecule has 0 bridgehead atoms. The molecule has 1 atom stereocenters. The second kappa shape index (κ2) is 13.1. The number of hydrogen-bond acceptors (Lipinski definition) is 5. The lowest BCUT2D eigenvalue weighted by Crippen LogP contribution is -2.60. The van der Waals surface area contributed by atoms with Crippen LogP contribution in [0.2, 0.25) is 0 Å². The molecule has 4 amide bonds. The molecule has 1 aromatic heterocycles. The van der Waals surface area contributed by atoms with Crippen molar-refractivity contribution in [3.63, 3.8) is 0 Å². The third-order valence-corrected chi connectivity index (χ3v) is 10.1. The quantitative estimate of drug-likeness (QED) is 0.400. The van der Waals surface area contributed by atoms with Crippen molar-refractivity contribution >= 4 is 24.1 Å². The molecule has 0 radical (unpaired) electrons. The second-order valence-corrected chi connectivity index (χ2v) is 14.0. The third-order valence-electron chi connectivity index (χ3n) is 10.1. The van der Waals surface area contributed by atoms with Crippen LogP contribution in [0.5, 0.6) is 0 Å². The Morgan fingerprint density at radius 1 is 0.870 bits per heavy atom. The van der Waals surface area contributed by atoms with Gasteiger partial charge in [0.1, 0.15) is 0 Å². The Morgan fingerprint density at radius 3 is 2.11 bits per heavy atom. The summed E-state index contributed by atoms with van der Waals surface area (Å²) in [6, 6.07) is 19.6. The van der Waals surface area contributed by atoms with E-state index >= 15 is 0 Å². The highest BCUT2D eigenvalue weighted by Gasteiger charge is 2.57. The maximum absolute atomic E-state index is 13.0. The van der Waals surface area contributed by atoms with Crippen LogP contribution in [-0.2, 0) is 16.1 Å². The van der Waals surface area contributed by atoms with Gasteiger partial charge >= 0.3 is 0 Å². The van der Waals surface area contributed by atoms with Crippen molar-refractivity contribution in [2.75, 3.05) is 39.3 Å². The number of carbonyl (C=O) groups is 4. The van der Waals surface area contributed by atoms with Crippen molar-refractivity contribution in [2.45, 2.75) is 52.1 Å². The molecule has 7 rings (SSSR count). The highest BCUT2D eigenvalue weighted by Crippen LogP contribution is 2.54. The summed E-state index contributed by atoms with van der Waals surface area (Å²) in [7, 11) is 0. The minimum absolute atomic E-state index is 0. The van der Waals surface area contributed by atoms with Gasteiger partial charge in [-0.25, -0.2) is 0 Å². The van der Waals surface area contributed by atoms with Gasteiger partial charge < -0.3 is 20.0 Å². The first kappa shape index (κ1) is 31.5. The molecule has 1 N–H and O–H groups in total.